The molecule has 1 aromatic rings. The van der Waals surface area contributed by atoms with Gasteiger partial charge < -0.3 is 10.4 Å². The lowest BCUT2D eigenvalue weighted by atomic mass is 9.78. The van der Waals surface area contributed by atoms with Crippen molar-refractivity contribution in [3.05, 3.63) is 16.1 Å². The maximum absolute atomic E-state index is 13.4. The van der Waals surface area contributed by atoms with Crippen molar-refractivity contribution < 1.29 is 23.1 Å². The van der Waals surface area contributed by atoms with Gasteiger partial charge in [0, 0.05) is 17.1 Å². The normalized spacial score (nSPS) is 27.5. The van der Waals surface area contributed by atoms with Crippen LogP contribution in [0, 0.1) is 18.8 Å². The Morgan fingerprint density at radius 3 is 2.62 bits per heavy atom. The van der Waals surface area contributed by atoms with E-state index in [0.717, 1.165) is 19.3 Å². The lowest BCUT2D eigenvalue weighted by Crippen LogP contribution is -2.49. The Bertz CT molecular complexity index is 590. The van der Waals surface area contributed by atoms with Crippen molar-refractivity contribution in [3.63, 3.8) is 0 Å². The van der Waals surface area contributed by atoms with E-state index in [2.05, 4.69) is 17.2 Å². The number of aliphatic hydroxyl groups is 1. The number of nitrogens with one attached hydrogen (secondary N) is 1. The Labute approximate surface area is 143 Å². The van der Waals surface area contributed by atoms with E-state index in [1.807, 2.05) is 6.92 Å². The Morgan fingerprint density at radius 2 is 2.08 bits per heavy atom. The Morgan fingerprint density at radius 1 is 1.42 bits per heavy atom. The molecule has 0 saturated heterocycles. The predicted octanol–water partition coefficient (Wildman–Crippen LogP) is 3.53. The lowest BCUT2D eigenvalue weighted by Gasteiger charge is -2.35. The van der Waals surface area contributed by atoms with E-state index in [4.69, 9.17) is 0 Å². The van der Waals surface area contributed by atoms with Gasteiger partial charge in [-0.2, -0.15) is 13.2 Å². The number of alkyl halides is 3. The average Bonchev–Trinajstić information content (AvgIpc) is 2.89. The molecule has 1 fully saturated rings. The van der Waals surface area contributed by atoms with E-state index >= 15 is 0 Å². The number of hydrogen-bond donors (Lipinski definition) is 2. The summed E-state index contributed by atoms with van der Waals surface area (Å²) in [6.07, 6.45) is -3.30. The fourth-order valence-corrected chi connectivity index (χ4v) is 4.03. The Balaban J connectivity index is 2.14. The number of halogens is 3. The number of aryl methyl sites for hydroxylation is 1. The van der Waals surface area contributed by atoms with E-state index in [0.29, 0.717) is 22.9 Å². The van der Waals surface area contributed by atoms with Crippen LogP contribution in [0.4, 0.5) is 13.2 Å². The van der Waals surface area contributed by atoms with Crippen molar-refractivity contribution in [2.45, 2.75) is 64.3 Å². The van der Waals surface area contributed by atoms with Gasteiger partial charge in [0.2, 0.25) is 11.5 Å². The number of carbonyl (C=O) groups is 1. The van der Waals surface area contributed by atoms with Crippen molar-refractivity contribution in [1.82, 2.24) is 10.3 Å². The minimum Gasteiger partial charge on any atom is -0.374 e. The summed E-state index contributed by atoms with van der Waals surface area (Å²) in [5.41, 5.74) is -2.87. The highest BCUT2D eigenvalue weighted by Gasteiger charge is 2.58. The third kappa shape index (κ3) is 3.91. The molecule has 0 unspecified atom stereocenters. The molecule has 1 aromatic heterocycles. The number of rotatable bonds is 4. The SMILES string of the molecule is Cc1csc([C@](O)(CC(=O)N[C@@H]2CCC[C@H](C)[C@@H]2C)C(F)(F)F)n1. The first-order valence-electron chi connectivity index (χ1n) is 8.05. The standard InChI is InChI=1S/C16H23F3N2O2S/c1-9-5-4-6-12(11(9)3)21-13(22)7-15(23,16(17,18)19)14-20-10(2)8-24-14/h8-9,11-12,23H,4-7H2,1-3H3,(H,21,22)/t9-,11-,12+,15+/m0/s1. The second kappa shape index (κ2) is 7.00. The zero-order valence-electron chi connectivity index (χ0n) is 14.0. The third-order valence-corrected chi connectivity index (χ3v) is 6.02. The highest BCUT2D eigenvalue weighted by molar-refractivity contribution is 7.09. The summed E-state index contributed by atoms with van der Waals surface area (Å²) in [7, 11) is 0. The van der Waals surface area contributed by atoms with Crippen LogP contribution in [0.25, 0.3) is 0 Å². The Kier molecular flexibility index (Phi) is 5.59. The van der Waals surface area contributed by atoms with Crippen molar-refractivity contribution in [2.24, 2.45) is 11.8 Å². The van der Waals surface area contributed by atoms with E-state index in [-0.39, 0.29) is 12.0 Å². The van der Waals surface area contributed by atoms with Gasteiger partial charge >= 0.3 is 6.18 Å². The molecule has 0 aliphatic heterocycles. The van der Waals surface area contributed by atoms with Crippen LogP contribution >= 0.6 is 11.3 Å². The Hall–Kier alpha value is -1.15. The summed E-state index contributed by atoms with van der Waals surface area (Å²) >= 11 is 0.711. The molecule has 2 rings (SSSR count). The van der Waals surface area contributed by atoms with E-state index < -0.39 is 29.1 Å². The van der Waals surface area contributed by atoms with Gasteiger partial charge in [0.15, 0.2) is 0 Å². The van der Waals surface area contributed by atoms with Gasteiger partial charge in [-0.3, -0.25) is 4.79 Å². The number of nitrogens with zero attached hydrogens (tertiary/aromatic N) is 1. The molecule has 1 aliphatic carbocycles. The lowest BCUT2D eigenvalue weighted by molar-refractivity contribution is -0.267. The summed E-state index contributed by atoms with van der Waals surface area (Å²) < 4.78 is 40.2. The zero-order valence-corrected chi connectivity index (χ0v) is 14.8. The van der Waals surface area contributed by atoms with Crippen LogP contribution in [-0.2, 0) is 10.4 Å². The largest absolute Gasteiger partial charge is 0.424 e. The molecule has 1 saturated carbocycles. The summed E-state index contributed by atoms with van der Waals surface area (Å²) in [5, 5.41) is 13.8. The molecular formula is C16H23F3N2O2S. The quantitative estimate of drug-likeness (QED) is 0.859. The molecule has 136 valence electrons. The first kappa shape index (κ1) is 19.2. The highest BCUT2D eigenvalue weighted by atomic mass is 32.1. The molecule has 24 heavy (non-hydrogen) atoms. The second-order valence-electron chi connectivity index (χ2n) is 6.77. The number of thiazole rings is 1. The van der Waals surface area contributed by atoms with E-state index in [1.165, 1.54) is 5.38 Å². The fraction of sp³-hybridized carbons (Fsp3) is 0.750. The molecule has 4 atom stereocenters. The summed E-state index contributed by atoms with van der Waals surface area (Å²) in [4.78, 5) is 16.0. The molecule has 0 aromatic carbocycles. The summed E-state index contributed by atoms with van der Waals surface area (Å²) in [6.45, 7) is 5.62. The van der Waals surface area contributed by atoms with Gasteiger partial charge in [0.05, 0.1) is 6.42 Å². The van der Waals surface area contributed by atoms with Gasteiger partial charge in [-0.15, -0.1) is 11.3 Å². The predicted molar refractivity (Wildman–Crippen MR) is 85.5 cm³/mol. The molecule has 8 heteroatoms. The van der Waals surface area contributed by atoms with Crippen molar-refractivity contribution in [2.75, 3.05) is 0 Å². The van der Waals surface area contributed by atoms with Crippen LogP contribution in [0.2, 0.25) is 0 Å². The smallest absolute Gasteiger partial charge is 0.374 e. The van der Waals surface area contributed by atoms with Crippen LogP contribution in [0.1, 0.15) is 50.2 Å². The first-order chi connectivity index (χ1) is 11.0. The number of carbonyl (C=O) groups excluding carboxylic acids is 1. The molecule has 1 amide bonds. The zero-order chi connectivity index (χ0) is 18.1. The molecule has 0 radical (unpaired) electrons. The van der Waals surface area contributed by atoms with Crippen molar-refractivity contribution >= 4 is 17.2 Å². The summed E-state index contributed by atoms with van der Waals surface area (Å²) in [6, 6.07) is -0.156. The minimum atomic E-state index is -4.97. The topological polar surface area (TPSA) is 62.2 Å². The van der Waals surface area contributed by atoms with Gasteiger partial charge in [-0.05, 0) is 25.2 Å². The second-order valence-corrected chi connectivity index (χ2v) is 7.63. The van der Waals surface area contributed by atoms with Crippen LogP contribution in [0.3, 0.4) is 0 Å². The van der Waals surface area contributed by atoms with Crippen LogP contribution in [0.5, 0.6) is 0 Å². The van der Waals surface area contributed by atoms with Crippen molar-refractivity contribution in [3.8, 4) is 0 Å². The summed E-state index contributed by atoms with van der Waals surface area (Å²) in [5.74, 6) is -0.190. The fourth-order valence-electron chi connectivity index (χ4n) is 3.12. The minimum absolute atomic E-state index is 0.156. The van der Waals surface area contributed by atoms with Crippen molar-refractivity contribution in [1.29, 1.82) is 0 Å². The van der Waals surface area contributed by atoms with Crippen LogP contribution < -0.4 is 5.32 Å². The monoisotopic (exact) mass is 364 g/mol. The van der Waals surface area contributed by atoms with Gasteiger partial charge in [0.1, 0.15) is 5.01 Å². The molecule has 4 nitrogen and oxygen atoms in total. The van der Waals surface area contributed by atoms with Crippen LogP contribution in [0.15, 0.2) is 5.38 Å². The first-order valence-corrected chi connectivity index (χ1v) is 8.93. The van der Waals surface area contributed by atoms with Crippen LogP contribution in [-0.4, -0.2) is 28.2 Å². The maximum atomic E-state index is 13.4. The highest BCUT2D eigenvalue weighted by Crippen LogP contribution is 2.43. The van der Waals surface area contributed by atoms with Gasteiger partial charge in [-0.25, -0.2) is 4.98 Å². The molecule has 0 bridgehead atoms. The molecule has 1 heterocycles. The number of aromatic nitrogens is 1. The number of hydrogen-bond acceptors (Lipinski definition) is 4. The third-order valence-electron chi connectivity index (χ3n) is 4.91. The average molecular weight is 364 g/mol. The van der Waals surface area contributed by atoms with Gasteiger partial charge in [0.25, 0.3) is 0 Å². The number of amides is 1. The molecule has 2 N–H and O–H groups in total. The molecule has 1 aliphatic rings. The van der Waals surface area contributed by atoms with E-state index in [9.17, 15) is 23.1 Å². The van der Waals surface area contributed by atoms with Gasteiger partial charge in [-0.1, -0.05) is 26.7 Å². The van der Waals surface area contributed by atoms with E-state index in [1.54, 1.807) is 6.92 Å². The molecule has 0 spiro atoms. The maximum Gasteiger partial charge on any atom is 0.424 e. The molecular weight excluding hydrogens is 341 g/mol.